The quantitative estimate of drug-likeness (QED) is 0.0325. The highest BCUT2D eigenvalue weighted by Crippen LogP contribution is 2.52. The first kappa shape index (κ1) is 104. The van der Waals surface area contributed by atoms with Gasteiger partial charge in [-0.25, -0.2) is 19.9 Å². The van der Waals surface area contributed by atoms with Crippen LogP contribution in [0.3, 0.4) is 0 Å². The van der Waals surface area contributed by atoms with Gasteiger partial charge in [-0.1, -0.05) is 81.0 Å². The molecule has 6 aliphatic heterocycles. The number of likely N-dealkylation sites (tertiary alicyclic amines) is 2. The molecule has 2 atom stereocenters. The summed E-state index contributed by atoms with van der Waals surface area (Å²) in [6.07, 6.45) is 15.1. The lowest BCUT2D eigenvalue weighted by Crippen LogP contribution is -2.58. The van der Waals surface area contributed by atoms with Crippen LogP contribution in [-0.4, -0.2) is 235 Å². The fraction of sp³-hybridized carbons (Fsp3) is 0.467. The number of piperazine rings is 1. The van der Waals surface area contributed by atoms with Crippen molar-refractivity contribution in [2.24, 2.45) is 42.7 Å². The molecule has 7 fully saturated rings. The summed E-state index contributed by atoms with van der Waals surface area (Å²) in [7, 11) is 9.84. The number of rotatable bonds is 30. The van der Waals surface area contributed by atoms with Gasteiger partial charge < -0.3 is 92.8 Å². The number of likely N-dealkylation sites (N-methyl/N-ethyl adjacent to an activating group) is 1. The van der Waals surface area contributed by atoms with Crippen LogP contribution in [0.4, 0.5) is 69.8 Å². The van der Waals surface area contributed by atoms with Gasteiger partial charge in [-0.2, -0.15) is 19.9 Å². The Balaban J connectivity index is 0.000000138. The first-order chi connectivity index (χ1) is 69.1. The summed E-state index contributed by atoms with van der Waals surface area (Å²) in [4.78, 5) is 151. The maximum atomic E-state index is 13.1. The molecule has 8 aromatic heterocycles. The average Bonchev–Trinajstić information content (AvgIpc) is 1.58. The van der Waals surface area contributed by atoms with Gasteiger partial charge in [0.25, 0.3) is 22.2 Å². The predicted molar refractivity (Wildman–Crippen MR) is 570 cm³/mol. The van der Waals surface area contributed by atoms with Crippen molar-refractivity contribution < 1.29 is 38.1 Å². The van der Waals surface area contributed by atoms with Gasteiger partial charge in [0.1, 0.15) is 46.5 Å². The summed E-state index contributed by atoms with van der Waals surface area (Å²) in [6.45, 7) is 30.7. The van der Waals surface area contributed by atoms with Gasteiger partial charge in [-0.3, -0.25) is 38.4 Å². The van der Waals surface area contributed by atoms with Crippen molar-refractivity contribution in [3.05, 3.63) is 183 Å². The molecule has 39 heteroatoms. The van der Waals surface area contributed by atoms with Crippen molar-refractivity contribution in [3.8, 4) is 23.0 Å². The Morgan fingerprint density at radius 3 is 0.951 bits per heavy atom. The molecule has 144 heavy (non-hydrogen) atoms. The maximum absolute atomic E-state index is 13.1. The molecule has 1 aliphatic carbocycles. The topological polar surface area (TPSA) is 367 Å². The Labute approximate surface area is 856 Å². The zero-order valence-electron chi connectivity index (χ0n) is 84.1. The Morgan fingerprint density at radius 1 is 0.361 bits per heavy atom. The normalized spacial score (nSPS) is 17.6. The van der Waals surface area contributed by atoms with E-state index in [0.29, 0.717) is 104 Å². The molecule has 7 aliphatic rings. The average molecular weight is 2050 g/mol. The van der Waals surface area contributed by atoms with Crippen LogP contribution in [0.5, 0.6) is 23.0 Å². The van der Waals surface area contributed by atoms with Crippen LogP contribution >= 0.6 is 46.4 Å². The molecule has 0 radical (unpaired) electrons. The molecule has 35 nitrogen and oxygen atoms in total. The van der Waals surface area contributed by atoms with Crippen LogP contribution in [0.1, 0.15) is 139 Å². The summed E-state index contributed by atoms with van der Waals surface area (Å²) in [5, 5.41) is 18.1. The molecule has 12 aromatic rings. The summed E-state index contributed by atoms with van der Waals surface area (Å²) < 4.78 is 28.7. The fourth-order valence-corrected chi connectivity index (χ4v) is 20.2. The van der Waals surface area contributed by atoms with E-state index in [4.69, 9.17) is 80.3 Å². The molecule has 19 rings (SSSR count). The second-order valence-electron chi connectivity index (χ2n) is 39.4. The number of piperidine rings is 4. The SMILES string of the molecule is CCC(=O)COc1cc2cc(Nc3nc(N4CC5C(C)C5C4)ncc3Cl)ccc2n(C(C)C)c1=O.CCC(=O)COc1cc2cc(Nc3nc(N4CCC5(CC4)CN(C)C5)ncc3Cl)ccc2n(C)c1=O.CCC(=O)COc1cc2cc(Nc3nc(N4CCC5(CCN(C)CC5)CC4)ncc3Cl)ccc2n(C(C)C)c1=O.CCC(=O)COc1cc2cc(Nc3nc(N4CCN(C)CC4)ncc3Cl)ccc2n(C)c1=O. The predicted octanol–water partition coefficient (Wildman–Crippen LogP) is 16.7. The summed E-state index contributed by atoms with van der Waals surface area (Å²) in [5.74, 6) is 7.42. The van der Waals surface area contributed by atoms with Gasteiger partial charge in [-0.15, -0.1) is 0 Å². The van der Waals surface area contributed by atoms with Crippen LogP contribution in [0.25, 0.3) is 43.6 Å². The fourth-order valence-electron chi connectivity index (χ4n) is 19.6. The van der Waals surface area contributed by atoms with Gasteiger partial charge in [0.2, 0.25) is 23.8 Å². The second kappa shape index (κ2) is 45.3. The molecule has 2 unspecified atom stereocenters. The minimum Gasteiger partial charge on any atom is -0.480 e. The zero-order chi connectivity index (χ0) is 102. The number of ketones is 4. The molecular weight excluding hydrogens is 1920 g/mol. The van der Waals surface area contributed by atoms with Crippen molar-refractivity contribution in [3.63, 3.8) is 0 Å². The summed E-state index contributed by atoms with van der Waals surface area (Å²) in [6, 6.07) is 29.2. The highest BCUT2D eigenvalue weighted by Gasteiger charge is 2.53. The maximum Gasteiger partial charge on any atom is 0.293 e. The number of fused-ring (bicyclic) bond motifs is 5. The second-order valence-corrected chi connectivity index (χ2v) is 41.0. The number of pyridine rings is 4. The highest BCUT2D eigenvalue weighted by molar-refractivity contribution is 6.34. The van der Waals surface area contributed by atoms with Crippen LogP contribution in [0, 0.1) is 28.6 Å². The zero-order valence-corrected chi connectivity index (χ0v) is 87.2. The number of carbonyl (C=O) groups excluding carboxylic acids is 4. The van der Waals surface area contributed by atoms with E-state index in [-0.39, 0.29) is 107 Å². The number of nitrogens with zero attached hydrogens (tertiary/aromatic N) is 19. The van der Waals surface area contributed by atoms with E-state index < -0.39 is 0 Å². The van der Waals surface area contributed by atoms with Crippen LogP contribution < -0.4 is 82.1 Å². The van der Waals surface area contributed by atoms with Crippen molar-refractivity contribution in [1.29, 1.82) is 0 Å². The third-order valence-electron chi connectivity index (χ3n) is 28.7. The molecule has 4 N–H and O–H groups in total. The molecule has 2 spiro atoms. The Morgan fingerprint density at radius 2 is 0.639 bits per heavy atom. The lowest BCUT2D eigenvalue weighted by atomic mass is 9.71. The van der Waals surface area contributed by atoms with Crippen molar-refractivity contribution in [1.82, 2.24) is 72.8 Å². The smallest absolute Gasteiger partial charge is 0.293 e. The molecule has 762 valence electrons. The van der Waals surface area contributed by atoms with Gasteiger partial charge in [0, 0.05) is 175 Å². The molecule has 0 amide bonds. The van der Waals surface area contributed by atoms with E-state index in [1.807, 2.05) is 100 Å². The third kappa shape index (κ3) is 24.1. The standard InChI is InChI=1S/C30H39ClN6O3.C26H31ClN6O3.C26H30ClN5O3.C23H27ClN6O3/c1-5-23(38)19-40-26-17-21-16-22(6-7-25(21)37(20(2)3)28(26)39)33-27-24(31)18-32-29(34-27)36-14-10-30(11-15-36)8-12-35(4)13-9-30;1-4-19(34)14-36-22-12-17-11-18(5-6-21(17)32(3)24(22)35)29-23-20(27)13-28-25(30-23)33-9-7-26(8-10-33)15-31(2)16-26;1-5-18(33)13-35-23-9-16-8-17(6-7-22(16)32(14(2)3)25(23)34)29-24-21(27)10-28-26(30-24)31-11-19-15(4)20(19)12-31;1-4-17(31)14-33-20-12-15-11-16(5-6-19(15)29(3)22(20)32)26-21-18(24)13-25-23(27-21)30-9-7-28(2)8-10-30/h6-7,16-18,20H,5,8-15,19H2,1-4H3,(H,32,33,34);5-6,11-13H,4,7-10,14-16H2,1-3H3,(H,28,29,30);6-10,14-15,19-20H,5,11-13H2,1-4H3,(H,28,29,30);5-6,11-13H,4,7-10,14H2,1-3H3,(H,25,26,27). The first-order valence-electron chi connectivity index (χ1n) is 49.5. The number of ether oxygens (including phenoxy) is 4. The molecular formula is C105H127Cl4N23O12. The minimum atomic E-state index is -0.289. The van der Waals surface area contributed by atoms with Gasteiger partial charge in [-0.05, 0) is 226 Å². The van der Waals surface area contributed by atoms with Gasteiger partial charge in [0.05, 0.1) is 46.9 Å². The summed E-state index contributed by atoms with van der Waals surface area (Å²) >= 11 is 25.8. The van der Waals surface area contributed by atoms with Crippen molar-refractivity contribution in [2.75, 3.05) is 180 Å². The number of anilines is 12. The van der Waals surface area contributed by atoms with Crippen molar-refractivity contribution >= 4 is 183 Å². The number of halogens is 4. The first-order valence-corrected chi connectivity index (χ1v) is 51.1. The number of benzene rings is 4. The lowest BCUT2D eigenvalue weighted by molar-refractivity contribution is -0.121. The van der Waals surface area contributed by atoms with E-state index >= 15 is 0 Å². The lowest BCUT2D eigenvalue weighted by Gasteiger charge is -2.52. The number of Topliss-reactive ketones (excluding diaryl/α,β-unsaturated/α-hetero) is 4. The Hall–Kier alpha value is -12.6. The van der Waals surface area contributed by atoms with E-state index in [1.54, 1.807) is 100.0 Å². The number of carbonyl (C=O) groups is 4. The number of aromatic nitrogens is 12. The Kier molecular flexibility index (Phi) is 32.8. The monoisotopic (exact) mass is 2040 g/mol. The number of hydrogen-bond donors (Lipinski definition) is 4. The van der Waals surface area contributed by atoms with Crippen LogP contribution in [0.2, 0.25) is 20.1 Å². The molecule has 6 saturated heterocycles. The van der Waals surface area contributed by atoms with Gasteiger partial charge >= 0.3 is 0 Å². The van der Waals surface area contributed by atoms with Gasteiger partial charge in [0.15, 0.2) is 69.4 Å². The Bertz CT molecular complexity index is 7030. The molecule has 1 saturated carbocycles. The number of nitrogens with one attached hydrogen (secondary N) is 4. The van der Waals surface area contributed by atoms with E-state index in [0.717, 1.165) is 175 Å². The van der Waals surface area contributed by atoms with Crippen LogP contribution in [-0.2, 0) is 33.3 Å². The third-order valence-corrected chi connectivity index (χ3v) is 29.8. The summed E-state index contributed by atoms with van der Waals surface area (Å²) in [5.41, 5.74) is 5.94. The van der Waals surface area contributed by atoms with E-state index in [2.05, 4.69) is 109 Å². The van der Waals surface area contributed by atoms with E-state index in [9.17, 15) is 38.4 Å². The number of hydrogen-bond acceptors (Lipinski definition) is 31. The number of aryl methyl sites for hydroxylation is 2. The molecule has 0 bridgehead atoms. The minimum absolute atomic E-state index is 0.0598. The van der Waals surface area contributed by atoms with Crippen LogP contribution in [0.15, 0.2) is 141 Å². The molecule has 14 heterocycles. The van der Waals surface area contributed by atoms with E-state index in [1.165, 1.54) is 48.2 Å². The molecule has 4 aromatic carbocycles. The van der Waals surface area contributed by atoms with Crippen molar-refractivity contribution in [2.45, 2.75) is 139 Å². The largest absolute Gasteiger partial charge is 0.480 e. The highest BCUT2D eigenvalue weighted by atomic mass is 35.5.